The molecule has 1 aromatic carbocycles. The zero-order valence-corrected chi connectivity index (χ0v) is 16.3. The molecule has 0 saturated heterocycles. The Labute approximate surface area is 164 Å². The molecule has 0 bridgehead atoms. The highest BCUT2D eigenvalue weighted by Gasteiger charge is 2.20. The zero-order valence-electron chi connectivity index (χ0n) is 16.3. The minimum Gasteiger partial charge on any atom is -0.359 e. The number of amides is 1. The second-order valence-corrected chi connectivity index (χ2v) is 7.41. The van der Waals surface area contributed by atoms with Crippen molar-refractivity contribution >= 4 is 5.91 Å². The fourth-order valence-electron chi connectivity index (χ4n) is 3.59. The molecule has 146 valence electrons. The first-order chi connectivity index (χ1) is 13.6. The fraction of sp³-hybridized carbons (Fsp3) is 0.381. The Morgan fingerprint density at radius 1 is 1.29 bits per heavy atom. The first kappa shape index (κ1) is 18.4. The topological polar surface area (TPSA) is 67.4 Å². The summed E-state index contributed by atoms with van der Waals surface area (Å²) in [5, 5.41) is 8.15. The molecule has 1 aliphatic rings. The summed E-state index contributed by atoms with van der Waals surface area (Å²) in [6, 6.07) is 10.3. The molecule has 1 amide bonds. The van der Waals surface area contributed by atoms with Gasteiger partial charge in [-0.25, -0.2) is 0 Å². The summed E-state index contributed by atoms with van der Waals surface area (Å²) in [4.78, 5) is 16.6. The molecule has 3 aromatic rings. The van der Waals surface area contributed by atoms with Crippen molar-refractivity contribution in [1.29, 1.82) is 0 Å². The molecule has 0 atom stereocenters. The lowest BCUT2D eigenvalue weighted by Crippen LogP contribution is -2.30. The molecule has 0 radical (unpaired) electrons. The Morgan fingerprint density at radius 2 is 2.11 bits per heavy atom. The average Bonchev–Trinajstić information content (AvgIpc) is 3.34. The van der Waals surface area contributed by atoms with Gasteiger partial charge in [0.15, 0.2) is 11.5 Å². The van der Waals surface area contributed by atoms with Crippen molar-refractivity contribution in [3.05, 3.63) is 70.9 Å². The minimum atomic E-state index is -0.122. The van der Waals surface area contributed by atoms with Crippen LogP contribution in [0.4, 0.5) is 0 Å². The highest BCUT2D eigenvalue weighted by atomic mass is 16.5. The number of carbonyl (C=O) groups is 1. The number of fused-ring (bicyclic) bond motifs is 1. The van der Waals surface area contributed by atoms with Gasteiger partial charge in [-0.15, -0.1) is 0 Å². The highest BCUT2D eigenvalue weighted by Crippen LogP contribution is 2.20. The summed E-state index contributed by atoms with van der Waals surface area (Å²) in [6.45, 7) is 3.14. The molecule has 0 unspecified atom stereocenters. The first-order valence-corrected chi connectivity index (χ1v) is 9.56. The number of hydrogen-bond donors (Lipinski definition) is 0. The van der Waals surface area contributed by atoms with E-state index in [2.05, 4.69) is 39.4 Å². The third-order valence-corrected chi connectivity index (χ3v) is 5.21. The van der Waals surface area contributed by atoms with Gasteiger partial charge in [-0.2, -0.15) is 5.10 Å². The number of carbonyl (C=O) groups excluding carboxylic acids is 1. The van der Waals surface area contributed by atoms with E-state index in [1.165, 1.54) is 11.1 Å². The summed E-state index contributed by atoms with van der Waals surface area (Å²) >= 11 is 0. The van der Waals surface area contributed by atoms with E-state index in [4.69, 9.17) is 4.52 Å². The number of rotatable bonds is 6. The van der Waals surface area contributed by atoms with E-state index in [0.29, 0.717) is 18.8 Å². The van der Waals surface area contributed by atoms with E-state index in [0.717, 1.165) is 37.3 Å². The average molecular weight is 379 g/mol. The van der Waals surface area contributed by atoms with Crippen LogP contribution >= 0.6 is 0 Å². The molecule has 0 spiro atoms. The van der Waals surface area contributed by atoms with Crippen molar-refractivity contribution in [2.75, 3.05) is 20.1 Å². The van der Waals surface area contributed by atoms with Crippen LogP contribution in [0.1, 0.15) is 32.9 Å². The number of likely N-dealkylation sites (N-methyl/N-ethyl adjacent to an activating group) is 1. The monoisotopic (exact) mass is 379 g/mol. The van der Waals surface area contributed by atoms with Crippen molar-refractivity contribution in [3.8, 4) is 0 Å². The van der Waals surface area contributed by atoms with Gasteiger partial charge in [0.2, 0.25) is 0 Å². The van der Waals surface area contributed by atoms with Crippen molar-refractivity contribution < 1.29 is 9.32 Å². The lowest BCUT2D eigenvalue weighted by molar-refractivity contribution is 0.0786. The number of nitrogens with zero attached hydrogens (tertiary/aromatic N) is 5. The van der Waals surface area contributed by atoms with Gasteiger partial charge in [0.05, 0.1) is 12.7 Å². The molecule has 0 saturated carbocycles. The third-order valence-electron chi connectivity index (χ3n) is 5.21. The molecule has 3 heterocycles. The van der Waals surface area contributed by atoms with Crippen LogP contribution < -0.4 is 0 Å². The fourth-order valence-corrected chi connectivity index (χ4v) is 3.59. The van der Waals surface area contributed by atoms with E-state index in [1.807, 2.05) is 19.4 Å². The van der Waals surface area contributed by atoms with Crippen molar-refractivity contribution in [1.82, 2.24) is 24.7 Å². The number of aromatic nitrogens is 3. The van der Waals surface area contributed by atoms with Gasteiger partial charge in [-0.05, 0) is 29.5 Å². The van der Waals surface area contributed by atoms with E-state index in [9.17, 15) is 4.79 Å². The van der Waals surface area contributed by atoms with Crippen LogP contribution in [0, 0.1) is 0 Å². The van der Waals surface area contributed by atoms with E-state index >= 15 is 0 Å². The SMILES string of the molecule is CN(CCc1cnn(C)c1)C(=O)c1cc(CN2CCc3ccccc3C2)on1. The second kappa shape index (κ2) is 7.98. The number of hydrogen-bond acceptors (Lipinski definition) is 5. The van der Waals surface area contributed by atoms with Crippen LogP contribution in [-0.4, -0.2) is 50.8 Å². The zero-order chi connectivity index (χ0) is 19.5. The standard InChI is InChI=1S/C21H25N5O2/c1-24(9-7-16-12-22-25(2)13-16)21(27)20-11-19(28-23-20)15-26-10-8-17-5-3-4-6-18(17)14-26/h3-6,11-13H,7-10,14-15H2,1-2H3. The predicted molar refractivity (Wildman–Crippen MR) is 105 cm³/mol. The van der Waals surface area contributed by atoms with Gasteiger partial charge in [-0.3, -0.25) is 14.4 Å². The first-order valence-electron chi connectivity index (χ1n) is 9.56. The summed E-state index contributed by atoms with van der Waals surface area (Å²) in [5.41, 5.74) is 4.25. The molecule has 7 heteroatoms. The molecular weight excluding hydrogens is 354 g/mol. The van der Waals surface area contributed by atoms with E-state index in [1.54, 1.807) is 22.7 Å². The highest BCUT2D eigenvalue weighted by molar-refractivity contribution is 5.92. The van der Waals surface area contributed by atoms with E-state index < -0.39 is 0 Å². The molecule has 7 nitrogen and oxygen atoms in total. The quantitative estimate of drug-likeness (QED) is 0.657. The van der Waals surface area contributed by atoms with E-state index in [-0.39, 0.29) is 5.91 Å². The van der Waals surface area contributed by atoms with Crippen LogP contribution in [0.2, 0.25) is 0 Å². The summed E-state index contributed by atoms with van der Waals surface area (Å²) in [5.74, 6) is 0.603. The van der Waals surface area contributed by atoms with Gasteiger partial charge in [-0.1, -0.05) is 29.4 Å². The van der Waals surface area contributed by atoms with Crippen LogP contribution in [-0.2, 0) is 33.0 Å². The maximum Gasteiger partial charge on any atom is 0.275 e. The molecule has 4 rings (SSSR count). The number of benzene rings is 1. The van der Waals surface area contributed by atoms with Gasteiger partial charge in [0.25, 0.3) is 5.91 Å². The Morgan fingerprint density at radius 3 is 2.89 bits per heavy atom. The lowest BCUT2D eigenvalue weighted by atomic mass is 10.00. The Balaban J connectivity index is 1.33. The molecule has 0 N–H and O–H groups in total. The van der Waals surface area contributed by atoms with Gasteiger partial charge >= 0.3 is 0 Å². The lowest BCUT2D eigenvalue weighted by Gasteiger charge is -2.27. The maximum atomic E-state index is 12.6. The maximum absolute atomic E-state index is 12.6. The minimum absolute atomic E-state index is 0.122. The predicted octanol–water partition coefficient (Wildman–Crippen LogP) is 2.28. The largest absolute Gasteiger partial charge is 0.359 e. The molecule has 1 aliphatic heterocycles. The van der Waals surface area contributed by atoms with Crippen LogP contribution in [0.5, 0.6) is 0 Å². The van der Waals surface area contributed by atoms with Crippen LogP contribution in [0.3, 0.4) is 0 Å². The van der Waals surface area contributed by atoms with Crippen molar-refractivity contribution in [3.63, 3.8) is 0 Å². The Bertz CT molecular complexity index is 961. The molecule has 2 aromatic heterocycles. The number of aryl methyl sites for hydroxylation is 1. The van der Waals surface area contributed by atoms with Crippen LogP contribution in [0.25, 0.3) is 0 Å². The third kappa shape index (κ3) is 4.14. The van der Waals surface area contributed by atoms with Gasteiger partial charge in [0, 0.05) is 46.0 Å². The Hall–Kier alpha value is -2.93. The Kier molecular flexibility index (Phi) is 5.25. The summed E-state index contributed by atoms with van der Waals surface area (Å²) in [7, 11) is 3.67. The van der Waals surface area contributed by atoms with Gasteiger partial charge < -0.3 is 9.42 Å². The molecule has 0 fully saturated rings. The van der Waals surface area contributed by atoms with Crippen LogP contribution in [0.15, 0.2) is 47.2 Å². The smallest absolute Gasteiger partial charge is 0.275 e. The summed E-state index contributed by atoms with van der Waals surface area (Å²) in [6.07, 6.45) is 5.58. The normalized spacial score (nSPS) is 14.1. The molecular formula is C21H25N5O2. The molecule has 28 heavy (non-hydrogen) atoms. The van der Waals surface area contributed by atoms with Crippen molar-refractivity contribution in [2.45, 2.75) is 25.9 Å². The summed E-state index contributed by atoms with van der Waals surface area (Å²) < 4.78 is 7.20. The van der Waals surface area contributed by atoms with Gasteiger partial charge in [0.1, 0.15) is 0 Å². The second-order valence-electron chi connectivity index (χ2n) is 7.41. The molecule has 0 aliphatic carbocycles. The van der Waals surface area contributed by atoms with Crippen molar-refractivity contribution in [2.24, 2.45) is 7.05 Å².